The summed E-state index contributed by atoms with van der Waals surface area (Å²) >= 11 is 7.40. The quantitative estimate of drug-likeness (QED) is 0.104. The van der Waals surface area contributed by atoms with E-state index in [-0.39, 0.29) is 5.41 Å². The Morgan fingerprint density at radius 3 is 1.68 bits per heavy atom. The number of halogens is 2. The second-order valence-corrected chi connectivity index (χ2v) is 14.5. The molecule has 0 saturated carbocycles. The van der Waals surface area contributed by atoms with Crippen LogP contribution >= 0.6 is 31.9 Å². The van der Waals surface area contributed by atoms with Crippen LogP contribution in [-0.4, -0.2) is 0 Å². The Hall–Kier alpha value is -3.20. The summed E-state index contributed by atoms with van der Waals surface area (Å²) in [4.78, 5) is 0. The molecule has 44 heavy (non-hydrogen) atoms. The fraction of sp³-hybridized carbons (Fsp3) is 0.238. The van der Waals surface area contributed by atoms with Crippen LogP contribution in [-0.2, 0) is 10.8 Å². The van der Waals surface area contributed by atoms with E-state index < -0.39 is 5.41 Å². The van der Waals surface area contributed by atoms with Crippen LogP contribution in [0.2, 0.25) is 0 Å². The van der Waals surface area contributed by atoms with Crippen LogP contribution in [0.4, 0.5) is 0 Å². The highest BCUT2D eigenvalue weighted by Crippen LogP contribution is 2.61. The van der Waals surface area contributed by atoms with Gasteiger partial charge in [-0.2, -0.15) is 0 Å². The van der Waals surface area contributed by atoms with Crippen molar-refractivity contribution in [2.75, 3.05) is 0 Å². The number of unbranched alkanes of at least 4 members (excludes halogenated alkanes) is 4. The van der Waals surface area contributed by atoms with Crippen molar-refractivity contribution in [3.63, 3.8) is 0 Å². The molecule has 1 atom stereocenters. The fourth-order valence-corrected chi connectivity index (χ4v) is 8.55. The zero-order valence-electron chi connectivity index (χ0n) is 25.6. The number of hydrogen-bond acceptors (Lipinski definition) is 0. The van der Waals surface area contributed by atoms with Gasteiger partial charge in [0.15, 0.2) is 0 Å². The van der Waals surface area contributed by atoms with Gasteiger partial charge in [0.05, 0.1) is 5.41 Å². The van der Waals surface area contributed by atoms with Gasteiger partial charge < -0.3 is 0 Å². The minimum atomic E-state index is -0.438. The summed E-state index contributed by atoms with van der Waals surface area (Å²) in [7, 11) is 0. The lowest BCUT2D eigenvalue weighted by atomic mass is 9.67. The Kier molecular flexibility index (Phi) is 7.79. The van der Waals surface area contributed by atoms with Gasteiger partial charge in [-0.1, -0.05) is 149 Å². The molecule has 0 nitrogen and oxygen atoms in total. The van der Waals surface area contributed by atoms with Gasteiger partial charge in [0.1, 0.15) is 0 Å². The van der Waals surface area contributed by atoms with E-state index in [9.17, 15) is 0 Å². The van der Waals surface area contributed by atoms with Crippen molar-refractivity contribution >= 4 is 31.9 Å². The van der Waals surface area contributed by atoms with Crippen LogP contribution < -0.4 is 0 Å². The third kappa shape index (κ3) is 4.44. The molecule has 2 heteroatoms. The molecule has 0 amide bonds. The molecule has 0 saturated heterocycles. The molecule has 0 aromatic heterocycles. The zero-order valence-corrected chi connectivity index (χ0v) is 28.8. The third-order valence-corrected chi connectivity index (χ3v) is 11.4. The van der Waals surface area contributed by atoms with Crippen molar-refractivity contribution in [1.82, 2.24) is 0 Å². The second kappa shape index (κ2) is 11.6. The minimum absolute atomic E-state index is 0.221. The van der Waals surface area contributed by atoms with Gasteiger partial charge in [0.25, 0.3) is 0 Å². The molecule has 0 spiro atoms. The van der Waals surface area contributed by atoms with Gasteiger partial charge in [0.2, 0.25) is 0 Å². The first kappa shape index (κ1) is 29.5. The smallest absolute Gasteiger partial charge is 0.0713 e. The number of allylic oxidation sites excluding steroid dienone is 1. The average molecular weight is 703 g/mol. The third-order valence-electron chi connectivity index (χ3n) is 10.3. The van der Waals surface area contributed by atoms with Gasteiger partial charge in [-0.3, -0.25) is 0 Å². The topological polar surface area (TPSA) is 0 Å². The largest absolute Gasteiger partial charge is 0.0986 e. The predicted octanol–water partition coefficient (Wildman–Crippen LogP) is 12.8. The van der Waals surface area contributed by atoms with E-state index in [0.717, 1.165) is 15.4 Å². The first-order valence-electron chi connectivity index (χ1n) is 16.0. The lowest BCUT2D eigenvalue weighted by molar-refractivity contribution is 0.589. The number of hydrogen-bond donors (Lipinski definition) is 0. The van der Waals surface area contributed by atoms with Crippen LogP contribution in [0.3, 0.4) is 0 Å². The molecule has 5 aromatic carbocycles. The van der Waals surface area contributed by atoms with Gasteiger partial charge in [0, 0.05) is 14.4 Å². The lowest BCUT2D eigenvalue weighted by Gasteiger charge is -2.34. The van der Waals surface area contributed by atoms with Crippen molar-refractivity contribution in [2.24, 2.45) is 0 Å². The molecule has 0 bridgehead atoms. The zero-order chi connectivity index (χ0) is 30.5. The predicted molar refractivity (Wildman–Crippen MR) is 194 cm³/mol. The molecule has 0 fully saturated rings. The van der Waals surface area contributed by atoms with Crippen molar-refractivity contribution in [1.29, 1.82) is 0 Å². The maximum atomic E-state index is 4.79. The standard InChI is InChI=1S/C42H38Br2/c1-4-5-6-7-8-13-28(2)41(3)37-16-11-9-14-33(37)35-27-40-36(26-39(35)41)34-15-10-12-17-38(34)42(40,29-18-22-31(43)23-19-29)30-20-24-32(44)25-21-30/h9-12,14-27H,2,4-8,13H2,1,3H3. The van der Waals surface area contributed by atoms with Crippen LogP contribution in [0.15, 0.2) is 130 Å². The highest BCUT2D eigenvalue weighted by atomic mass is 79.9. The van der Waals surface area contributed by atoms with Crippen molar-refractivity contribution in [2.45, 2.75) is 63.2 Å². The summed E-state index contributed by atoms with van der Waals surface area (Å²) in [5.41, 5.74) is 14.1. The molecule has 0 N–H and O–H groups in total. The first-order valence-corrected chi connectivity index (χ1v) is 17.6. The fourth-order valence-electron chi connectivity index (χ4n) is 8.02. The maximum Gasteiger partial charge on any atom is 0.0713 e. The summed E-state index contributed by atoms with van der Waals surface area (Å²) in [6, 6.07) is 41.1. The Morgan fingerprint density at radius 1 is 0.568 bits per heavy atom. The average Bonchev–Trinajstić information content (AvgIpc) is 3.48. The molecule has 5 aromatic rings. The van der Waals surface area contributed by atoms with Crippen LogP contribution in [0.1, 0.15) is 85.8 Å². The van der Waals surface area contributed by atoms with E-state index >= 15 is 0 Å². The van der Waals surface area contributed by atoms with Gasteiger partial charge >= 0.3 is 0 Å². The number of rotatable bonds is 9. The summed E-state index contributed by atoms with van der Waals surface area (Å²) in [5.74, 6) is 0. The lowest BCUT2D eigenvalue weighted by Crippen LogP contribution is -2.29. The van der Waals surface area contributed by atoms with E-state index in [1.807, 2.05) is 0 Å². The molecular weight excluding hydrogens is 664 g/mol. The number of benzene rings is 5. The van der Waals surface area contributed by atoms with E-state index in [2.05, 4.69) is 155 Å². The summed E-state index contributed by atoms with van der Waals surface area (Å²) in [6.07, 6.45) is 7.44. The highest BCUT2D eigenvalue weighted by molar-refractivity contribution is 9.10. The maximum absolute atomic E-state index is 4.79. The Labute approximate surface area is 279 Å². The van der Waals surface area contributed by atoms with Gasteiger partial charge in [-0.15, -0.1) is 0 Å². The summed E-state index contributed by atoms with van der Waals surface area (Å²) < 4.78 is 2.18. The molecule has 220 valence electrons. The molecule has 0 radical (unpaired) electrons. The van der Waals surface area contributed by atoms with E-state index in [1.165, 1.54) is 93.3 Å². The monoisotopic (exact) mass is 700 g/mol. The number of fused-ring (bicyclic) bond motifs is 6. The molecule has 2 aliphatic carbocycles. The van der Waals surface area contributed by atoms with Crippen molar-refractivity contribution in [3.05, 3.63) is 164 Å². The van der Waals surface area contributed by atoms with E-state index in [0.29, 0.717) is 0 Å². The van der Waals surface area contributed by atoms with Crippen molar-refractivity contribution < 1.29 is 0 Å². The van der Waals surface area contributed by atoms with Crippen LogP contribution in [0.25, 0.3) is 22.3 Å². The minimum Gasteiger partial charge on any atom is -0.0986 e. The highest BCUT2D eigenvalue weighted by Gasteiger charge is 2.49. The summed E-state index contributed by atoms with van der Waals surface area (Å²) in [5, 5.41) is 0. The molecule has 2 aliphatic rings. The Balaban J connectivity index is 1.48. The van der Waals surface area contributed by atoms with Gasteiger partial charge in [-0.25, -0.2) is 0 Å². The van der Waals surface area contributed by atoms with Crippen LogP contribution in [0.5, 0.6) is 0 Å². The molecule has 0 heterocycles. The molecule has 1 unspecified atom stereocenters. The SMILES string of the molecule is C=C(CCCCCCC)C1(C)c2ccccc2-c2cc3c(cc21)-c1ccccc1C3(c1ccc(Br)cc1)c1ccc(Br)cc1. The van der Waals surface area contributed by atoms with Crippen molar-refractivity contribution in [3.8, 4) is 22.3 Å². The van der Waals surface area contributed by atoms with Gasteiger partial charge in [-0.05, 0) is 112 Å². The van der Waals surface area contributed by atoms with Crippen LogP contribution in [0, 0.1) is 0 Å². The second-order valence-electron chi connectivity index (χ2n) is 12.7. The molecule has 0 aliphatic heterocycles. The Bertz CT molecular complexity index is 1820. The Morgan fingerprint density at radius 2 is 1.07 bits per heavy atom. The van der Waals surface area contributed by atoms with E-state index in [4.69, 9.17) is 6.58 Å². The summed E-state index contributed by atoms with van der Waals surface area (Å²) in [6.45, 7) is 9.50. The molecular formula is C42H38Br2. The van der Waals surface area contributed by atoms with E-state index in [1.54, 1.807) is 0 Å². The normalized spacial score (nSPS) is 17.1. The first-order chi connectivity index (χ1) is 21.4. The molecule has 7 rings (SSSR count).